The van der Waals surface area contributed by atoms with E-state index in [1.54, 1.807) is 18.2 Å². The van der Waals surface area contributed by atoms with E-state index in [0.717, 1.165) is 25.3 Å². The van der Waals surface area contributed by atoms with Crippen molar-refractivity contribution in [1.82, 2.24) is 9.80 Å². The van der Waals surface area contributed by atoms with E-state index in [1.165, 1.54) is 54.2 Å². The second-order valence-electron chi connectivity index (χ2n) is 10.8. The smallest absolute Gasteiger partial charge is 0.497 e. The molecule has 3 atom stereocenters. The van der Waals surface area contributed by atoms with E-state index in [1.807, 2.05) is 0 Å². The van der Waals surface area contributed by atoms with Gasteiger partial charge in [-0.1, -0.05) is 48.5 Å². The summed E-state index contributed by atoms with van der Waals surface area (Å²) < 4.78 is 94.2. The van der Waals surface area contributed by atoms with Crippen molar-refractivity contribution in [2.45, 2.75) is 35.4 Å². The van der Waals surface area contributed by atoms with Gasteiger partial charge < -0.3 is 14.4 Å². The first-order chi connectivity index (χ1) is 21.6. The van der Waals surface area contributed by atoms with Gasteiger partial charge >= 0.3 is 6.36 Å². The monoisotopic (exact) mass is 681 g/mol. The lowest BCUT2D eigenvalue weighted by molar-refractivity contribution is -0.275. The van der Waals surface area contributed by atoms with E-state index in [2.05, 4.69) is 11.3 Å². The number of methoxy groups -OCH3 is 1. The quantitative estimate of drug-likeness (QED) is 0.295. The molecule has 0 radical (unpaired) electrons. The summed E-state index contributed by atoms with van der Waals surface area (Å²) in [6.45, 7) is 3.36. The molecule has 9 nitrogen and oxygen atoms in total. The van der Waals surface area contributed by atoms with Gasteiger partial charge in [0.05, 0.1) is 18.8 Å². The Balaban J connectivity index is 1.86. The Bertz CT molecular complexity index is 1840. The molecule has 0 bridgehead atoms. The van der Waals surface area contributed by atoms with Crippen molar-refractivity contribution in [3.8, 4) is 11.5 Å². The van der Waals surface area contributed by atoms with Crippen molar-refractivity contribution < 1.29 is 45.0 Å². The summed E-state index contributed by atoms with van der Waals surface area (Å²) in [6.07, 6.45) is -5.81. The molecular weight excluding hydrogens is 654 g/mol. The fourth-order valence-corrected chi connectivity index (χ4v) is 7.83. The number of amides is 2. The summed E-state index contributed by atoms with van der Waals surface area (Å²) in [6, 6.07) is 11.6. The second-order valence-corrected chi connectivity index (χ2v) is 13.0. The third-order valence-electron chi connectivity index (χ3n) is 7.93. The van der Waals surface area contributed by atoms with Crippen LogP contribution in [0.1, 0.15) is 23.1 Å². The van der Waals surface area contributed by atoms with Crippen LogP contribution in [-0.2, 0) is 25.2 Å². The number of fused-ring (bicyclic) bond motifs is 1. The van der Waals surface area contributed by atoms with Crippen molar-refractivity contribution in [3.63, 3.8) is 0 Å². The van der Waals surface area contributed by atoms with Gasteiger partial charge in [0.15, 0.2) is 11.3 Å². The lowest BCUT2D eigenvalue weighted by Gasteiger charge is -2.42. The van der Waals surface area contributed by atoms with E-state index >= 15 is 9.18 Å². The summed E-state index contributed by atoms with van der Waals surface area (Å²) in [5.74, 6) is -3.05. The number of ether oxygens (including phenoxy) is 2. The average Bonchev–Trinajstić information content (AvgIpc) is 3.50. The van der Waals surface area contributed by atoms with E-state index in [-0.39, 0.29) is 34.0 Å². The zero-order valence-corrected chi connectivity index (χ0v) is 26.3. The van der Waals surface area contributed by atoms with Crippen LogP contribution in [0, 0.1) is 0 Å². The first-order valence-corrected chi connectivity index (χ1v) is 15.6. The molecule has 1 fully saturated rings. The van der Waals surface area contributed by atoms with Crippen LogP contribution in [-0.4, -0.2) is 76.4 Å². The molecule has 5 rings (SSSR count). The van der Waals surface area contributed by atoms with E-state index < -0.39 is 63.1 Å². The topological polar surface area (TPSA) is 96.5 Å². The number of hydrogen-bond acceptors (Lipinski definition) is 7. The van der Waals surface area contributed by atoms with Gasteiger partial charge in [0.25, 0.3) is 15.9 Å². The predicted octanol–water partition coefficient (Wildman–Crippen LogP) is 5.37. The Labute approximate surface area is 267 Å². The number of rotatable bonds is 8. The van der Waals surface area contributed by atoms with Gasteiger partial charge in [-0.25, -0.2) is 17.1 Å². The minimum absolute atomic E-state index is 0.0275. The standard InChI is InChI=1S/C31H28ClF4N3O6S/c1-5-18-8-6-7-9-22(18)30(38-17-20(33)15-25(38)28(40)37(2)3)23-14-19(32)10-12-24(23)39(29(30)41)46(42,43)27-13-11-21(44-4)16-26(27)45-31(34,35)36/h5-14,16,20,25H,1,15,17H2,2-4H3/t20-,25+,30?/m1/s1. The maximum Gasteiger partial charge on any atom is 0.573 e. The largest absolute Gasteiger partial charge is 0.573 e. The molecule has 0 aromatic heterocycles. The van der Waals surface area contributed by atoms with Crippen LogP contribution in [0.5, 0.6) is 11.5 Å². The average molecular weight is 682 g/mol. The maximum atomic E-state index is 15.4. The predicted molar refractivity (Wildman–Crippen MR) is 162 cm³/mol. The highest BCUT2D eigenvalue weighted by Crippen LogP contribution is 2.54. The second kappa shape index (κ2) is 11.9. The van der Waals surface area contributed by atoms with Crippen molar-refractivity contribution in [2.75, 3.05) is 32.1 Å². The van der Waals surface area contributed by atoms with E-state index in [9.17, 15) is 26.4 Å². The van der Waals surface area contributed by atoms with Gasteiger partial charge in [0.1, 0.15) is 16.8 Å². The molecule has 0 saturated carbocycles. The molecule has 3 aromatic carbocycles. The fraction of sp³-hybridized carbons (Fsp3) is 0.290. The number of halogens is 5. The number of alkyl halides is 4. The summed E-state index contributed by atoms with van der Waals surface area (Å²) in [5, 5.41) is 0.0725. The van der Waals surface area contributed by atoms with Crippen LogP contribution in [0.25, 0.3) is 6.08 Å². The first-order valence-electron chi connectivity index (χ1n) is 13.8. The molecule has 2 heterocycles. The van der Waals surface area contributed by atoms with Gasteiger partial charge in [-0.2, -0.15) is 0 Å². The number of carbonyl (C=O) groups excluding carboxylic acids is 2. The number of sulfonamides is 1. The Morgan fingerprint density at radius 2 is 1.80 bits per heavy atom. The molecule has 15 heteroatoms. The summed E-state index contributed by atoms with van der Waals surface area (Å²) in [7, 11) is -1.14. The molecule has 1 saturated heterocycles. The van der Waals surface area contributed by atoms with Crippen molar-refractivity contribution >= 4 is 45.2 Å². The fourth-order valence-electron chi connectivity index (χ4n) is 6.10. The van der Waals surface area contributed by atoms with Gasteiger partial charge in [0, 0.05) is 43.7 Å². The van der Waals surface area contributed by atoms with E-state index in [4.69, 9.17) is 16.3 Å². The molecule has 46 heavy (non-hydrogen) atoms. The first kappa shape index (κ1) is 33.2. The number of carbonyl (C=O) groups is 2. The van der Waals surface area contributed by atoms with Gasteiger partial charge in [-0.05, 0) is 41.5 Å². The van der Waals surface area contributed by atoms with Crippen LogP contribution >= 0.6 is 11.6 Å². The Hall–Kier alpha value is -4.14. The highest BCUT2D eigenvalue weighted by molar-refractivity contribution is 7.93. The molecule has 3 aromatic rings. The minimum Gasteiger partial charge on any atom is -0.497 e. The van der Waals surface area contributed by atoms with Crippen molar-refractivity contribution in [3.05, 3.63) is 89.0 Å². The third kappa shape index (κ3) is 5.37. The lowest BCUT2D eigenvalue weighted by Crippen LogP contribution is -2.59. The molecule has 0 N–H and O–H groups in total. The molecule has 0 spiro atoms. The maximum absolute atomic E-state index is 15.4. The highest BCUT2D eigenvalue weighted by Gasteiger charge is 2.64. The number of nitrogens with zero attached hydrogens (tertiary/aromatic N) is 3. The third-order valence-corrected chi connectivity index (χ3v) is 9.90. The van der Waals surface area contributed by atoms with Crippen molar-refractivity contribution in [2.24, 2.45) is 0 Å². The number of hydrogen-bond donors (Lipinski definition) is 0. The van der Waals surface area contributed by atoms with Crippen LogP contribution < -0.4 is 13.8 Å². The molecule has 0 aliphatic carbocycles. The lowest BCUT2D eigenvalue weighted by atomic mass is 9.79. The van der Waals surface area contributed by atoms with E-state index in [0.29, 0.717) is 9.87 Å². The highest BCUT2D eigenvalue weighted by atomic mass is 35.5. The molecular formula is C31H28ClF4N3O6S. The molecule has 244 valence electrons. The molecule has 2 aliphatic heterocycles. The van der Waals surface area contributed by atoms with Crippen LogP contribution in [0.15, 0.2) is 72.1 Å². The molecule has 2 aliphatic rings. The van der Waals surface area contributed by atoms with Crippen LogP contribution in [0.3, 0.4) is 0 Å². The summed E-state index contributed by atoms with van der Waals surface area (Å²) >= 11 is 6.43. The zero-order chi connectivity index (χ0) is 33.8. The van der Waals surface area contributed by atoms with Gasteiger partial charge in [0.2, 0.25) is 5.91 Å². The van der Waals surface area contributed by atoms with Crippen LogP contribution in [0.4, 0.5) is 23.2 Å². The van der Waals surface area contributed by atoms with Crippen LogP contribution in [0.2, 0.25) is 5.02 Å². The van der Waals surface area contributed by atoms with Gasteiger partial charge in [-0.15, -0.1) is 13.2 Å². The zero-order valence-electron chi connectivity index (χ0n) is 24.7. The van der Waals surface area contributed by atoms with Crippen molar-refractivity contribution in [1.29, 1.82) is 0 Å². The summed E-state index contributed by atoms with van der Waals surface area (Å²) in [5.41, 5.74) is -1.98. The summed E-state index contributed by atoms with van der Waals surface area (Å²) in [4.78, 5) is 30.2. The number of likely N-dealkylation sites (N-methyl/N-ethyl adjacent to an activating group) is 1. The Kier molecular flexibility index (Phi) is 8.60. The minimum atomic E-state index is -5.31. The number of anilines is 1. The normalized spacial score (nSPS) is 21.7. The Morgan fingerprint density at radius 3 is 2.43 bits per heavy atom. The molecule has 1 unspecified atom stereocenters. The Morgan fingerprint density at radius 1 is 1.11 bits per heavy atom. The SMILES string of the molecule is C=Cc1ccccc1C1(N2C[C@H](F)C[C@H]2C(=O)N(C)C)C(=O)N(S(=O)(=O)c2ccc(OC)cc2OC(F)(F)F)c2ccc(Cl)cc21. The number of benzene rings is 3. The molecule has 2 amide bonds. The number of likely N-dealkylation sites (tertiary alicyclic amines) is 1. The van der Waals surface area contributed by atoms with Gasteiger partial charge in [-0.3, -0.25) is 14.5 Å².